The minimum absolute atomic E-state index is 0.105. The Morgan fingerprint density at radius 3 is 2.70 bits per heavy atom. The Morgan fingerprint density at radius 2 is 1.89 bits per heavy atom. The molecular weight excluding hydrogens is 338 g/mol. The zero-order valence-electron chi connectivity index (χ0n) is 16.1. The van der Waals surface area contributed by atoms with Crippen LogP contribution >= 0.6 is 0 Å². The van der Waals surface area contributed by atoms with Gasteiger partial charge in [0.15, 0.2) is 0 Å². The largest absolute Gasteiger partial charge is 0.496 e. The van der Waals surface area contributed by atoms with Gasteiger partial charge in [0, 0.05) is 19.5 Å². The van der Waals surface area contributed by atoms with Crippen LogP contribution in [0.3, 0.4) is 0 Å². The van der Waals surface area contributed by atoms with Gasteiger partial charge in [-0.3, -0.25) is 4.79 Å². The summed E-state index contributed by atoms with van der Waals surface area (Å²) < 4.78 is 7.58. The molecular formula is C22H27N3O2. The average molecular weight is 365 g/mol. The Hall–Kier alpha value is -2.82. The van der Waals surface area contributed by atoms with Gasteiger partial charge < -0.3 is 14.6 Å². The van der Waals surface area contributed by atoms with Crippen LogP contribution < -0.4 is 10.1 Å². The zero-order valence-corrected chi connectivity index (χ0v) is 16.1. The van der Waals surface area contributed by atoms with Crippen molar-refractivity contribution in [3.63, 3.8) is 0 Å². The third kappa shape index (κ3) is 4.48. The van der Waals surface area contributed by atoms with Gasteiger partial charge in [-0.1, -0.05) is 37.6 Å². The van der Waals surface area contributed by atoms with Crippen LogP contribution in [0.1, 0.15) is 42.4 Å². The number of methoxy groups -OCH3 is 1. The highest BCUT2D eigenvalue weighted by Gasteiger charge is 2.12. The Kier molecular flexibility index (Phi) is 6.47. The summed E-state index contributed by atoms with van der Waals surface area (Å²) in [7, 11) is 1.58. The fourth-order valence-electron chi connectivity index (χ4n) is 3.26. The van der Waals surface area contributed by atoms with Crippen molar-refractivity contribution >= 4 is 16.9 Å². The van der Waals surface area contributed by atoms with Gasteiger partial charge in [0.2, 0.25) is 0 Å². The van der Waals surface area contributed by atoms with Crippen molar-refractivity contribution in [2.75, 3.05) is 13.7 Å². The summed E-state index contributed by atoms with van der Waals surface area (Å²) in [6, 6.07) is 15.5. The SMILES string of the molecule is CCCCn1c(CCCNC(=O)c2ccccc2OC)nc2ccccc21. The molecule has 0 saturated heterocycles. The first kappa shape index (κ1) is 19.0. The molecule has 0 spiro atoms. The number of carbonyl (C=O) groups excluding carboxylic acids is 1. The number of carbonyl (C=O) groups is 1. The lowest BCUT2D eigenvalue weighted by molar-refractivity contribution is 0.0950. The molecule has 0 unspecified atom stereocenters. The summed E-state index contributed by atoms with van der Waals surface area (Å²) in [5.74, 6) is 1.58. The van der Waals surface area contributed by atoms with E-state index in [1.54, 1.807) is 19.2 Å². The molecule has 5 heteroatoms. The normalized spacial score (nSPS) is 10.9. The molecule has 0 aliphatic carbocycles. The molecule has 1 amide bonds. The van der Waals surface area contributed by atoms with Crippen LogP contribution in [0, 0.1) is 0 Å². The molecule has 1 heterocycles. The van der Waals surface area contributed by atoms with E-state index in [1.165, 1.54) is 5.52 Å². The van der Waals surface area contributed by atoms with E-state index in [0.717, 1.165) is 43.6 Å². The third-order valence-corrected chi connectivity index (χ3v) is 4.68. The lowest BCUT2D eigenvalue weighted by atomic mass is 10.2. The number of fused-ring (bicyclic) bond motifs is 1. The standard InChI is InChI=1S/C22H27N3O2/c1-3-4-16-25-19-12-7-6-11-18(19)24-21(25)14-9-15-23-22(26)17-10-5-8-13-20(17)27-2/h5-8,10-13H,3-4,9,14-16H2,1-2H3,(H,23,26). The maximum atomic E-state index is 12.4. The first-order valence-corrected chi connectivity index (χ1v) is 9.60. The molecule has 3 rings (SSSR count). The summed E-state index contributed by atoms with van der Waals surface area (Å²) in [6.45, 7) is 3.79. The average Bonchev–Trinajstić information content (AvgIpc) is 3.06. The molecule has 142 valence electrons. The highest BCUT2D eigenvalue weighted by Crippen LogP contribution is 2.19. The van der Waals surface area contributed by atoms with E-state index in [-0.39, 0.29) is 5.91 Å². The third-order valence-electron chi connectivity index (χ3n) is 4.68. The van der Waals surface area contributed by atoms with Crippen molar-refractivity contribution in [3.8, 4) is 5.75 Å². The van der Waals surface area contributed by atoms with Crippen LogP contribution in [0.2, 0.25) is 0 Å². The van der Waals surface area contributed by atoms with Crippen molar-refractivity contribution in [1.29, 1.82) is 0 Å². The maximum absolute atomic E-state index is 12.4. The van der Waals surface area contributed by atoms with Gasteiger partial charge in [-0.2, -0.15) is 0 Å². The monoisotopic (exact) mass is 365 g/mol. The summed E-state index contributed by atoms with van der Waals surface area (Å²) in [6.07, 6.45) is 3.97. The number of unbranched alkanes of at least 4 members (excludes halogenated alkanes) is 1. The molecule has 0 bridgehead atoms. The van der Waals surface area contributed by atoms with Crippen LogP contribution in [-0.2, 0) is 13.0 Å². The van der Waals surface area contributed by atoms with Crippen LogP contribution in [0.5, 0.6) is 5.75 Å². The smallest absolute Gasteiger partial charge is 0.255 e. The minimum Gasteiger partial charge on any atom is -0.496 e. The molecule has 1 N–H and O–H groups in total. The van der Waals surface area contributed by atoms with Crippen molar-refractivity contribution < 1.29 is 9.53 Å². The van der Waals surface area contributed by atoms with Gasteiger partial charge in [0.1, 0.15) is 11.6 Å². The minimum atomic E-state index is -0.105. The Balaban J connectivity index is 1.61. The Bertz CT molecular complexity index is 901. The highest BCUT2D eigenvalue weighted by molar-refractivity contribution is 5.96. The fraction of sp³-hybridized carbons (Fsp3) is 0.364. The molecule has 5 nitrogen and oxygen atoms in total. The molecule has 1 aromatic heterocycles. The number of ether oxygens (including phenoxy) is 1. The Labute approximate surface area is 160 Å². The predicted octanol–water partition coefficient (Wildman–Crippen LogP) is 4.21. The maximum Gasteiger partial charge on any atom is 0.255 e. The zero-order chi connectivity index (χ0) is 19.1. The van der Waals surface area contributed by atoms with Crippen LogP contribution in [0.25, 0.3) is 11.0 Å². The lowest BCUT2D eigenvalue weighted by Crippen LogP contribution is -2.25. The number of benzene rings is 2. The molecule has 0 atom stereocenters. The Morgan fingerprint density at radius 1 is 1.11 bits per heavy atom. The second kappa shape index (κ2) is 9.21. The van der Waals surface area contributed by atoms with Gasteiger partial charge in [0.25, 0.3) is 5.91 Å². The summed E-state index contributed by atoms with van der Waals surface area (Å²) in [5.41, 5.74) is 2.80. The number of aryl methyl sites for hydroxylation is 2. The van der Waals surface area contributed by atoms with E-state index in [9.17, 15) is 4.79 Å². The van der Waals surface area contributed by atoms with E-state index in [0.29, 0.717) is 17.9 Å². The number of nitrogens with zero attached hydrogens (tertiary/aromatic N) is 2. The van der Waals surface area contributed by atoms with Crippen molar-refractivity contribution in [2.24, 2.45) is 0 Å². The van der Waals surface area contributed by atoms with Gasteiger partial charge >= 0.3 is 0 Å². The van der Waals surface area contributed by atoms with Crippen LogP contribution in [0.4, 0.5) is 0 Å². The summed E-state index contributed by atoms with van der Waals surface area (Å²) in [4.78, 5) is 17.2. The first-order chi connectivity index (χ1) is 13.2. The molecule has 27 heavy (non-hydrogen) atoms. The van der Waals surface area contributed by atoms with E-state index in [2.05, 4.69) is 35.0 Å². The van der Waals surface area contributed by atoms with Gasteiger partial charge in [0.05, 0.1) is 23.7 Å². The van der Waals surface area contributed by atoms with Gasteiger partial charge in [-0.05, 0) is 37.1 Å². The van der Waals surface area contributed by atoms with E-state index in [1.807, 2.05) is 18.2 Å². The first-order valence-electron chi connectivity index (χ1n) is 9.60. The number of aromatic nitrogens is 2. The van der Waals surface area contributed by atoms with Crippen molar-refractivity contribution in [2.45, 2.75) is 39.2 Å². The number of para-hydroxylation sites is 3. The number of nitrogens with one attached hydrogen (secondary N) is 1. The van der Waals surface area contributed by atoms with Gasteiger partial charge in [-0.25, -0.2) is 4.98 Å². The van der Waals surface area contributed by atoms with Crippen molar-refractivity contribution in [3.05, 3.63) is 59.9 Å². The number of amides is 1. The number of imidazole rings is 1. The molecule has 0 radical (unpaired) electrons. The second-order valence-corrected chi connectivity index (χ2v) is 6.58. The summed E-state index contributed by atoms with van der Waals surface area (Å²) in [5, 5.41) is 2.98. The predicted molar refractivity (Wildman–Crippen MR) is 108 cm³/mol. The van der Waals surface area contributed by atoms with E-state index >= 15 is 0 Å². The molecule has 0 aliphatic heterocycles. The van der Waals surface area contributed by atoms with Crippen LogP contribution in [-0.4, -0.2) is 29.1 Å². The molecule has 0 aliphatic rings. The molecule has 3 aromatic rings. The van der Waals surface area contributed by atoms with Crippen LogP contribution in [0.15, 0.2) is 48.5 Å². The molecule has 0 saturated carbocycles. The van der Waals surface area contributed by atoms with E-state index < -0.39 is 0 Å². The fourth-order valence-corrected chi connectivity index (χ4v) is 3.26. The van der Waals surface area contributed by atoms with Gasteiger partial charge in [-0.15, -0.1) is 0 Å². The lowest BCUT2D eigenvalue weighted by Gasteiger charge is -2.10. The number of hydrogen-bond donors (Lipinski definition) is 1. The topological polar surface area (TPSA) is 56.2 Å². The van der Waals surface area contributed by atoms with E-state index in [4.69, 9.17) is 9.72 Å². The molecule has 0 fully saturated rings. The highest BCUT2D eigenvalue weighted by atomic mass is 16.5. The van der Waals surface area contributed by atoms with Crippen molar-refractivity contribution in [1.82, 2.24) is 14.9 Å². The quantitative estimate of drug-likeness (QED) is 0.578. The molecule has 2 aromatic carbocycles. The number of hydrogen-bond acceptors (Lipinski definition) is 3. The summed E-state index contributed by atoms with van der Waals surface area (Å²) >= 11 is 0. The second-order valence-electron chi connectivity index (χ2n) is 6.58. The number of rotatable bonds is 9.